The number of hydrogen-bond acceptors (Lipinski definition) is 4. The number of hydrogen-bond donors (Lipinski definition) is 1. The number of piperazine rings is 1. The number of carbonyl (C=O) groups excluding carboxylic acids is 1. The van der Waals surface area contributed by atoms with Gasteiger partial charge in [-0.15, -0.1) is 0 Å². The molecule has 1 fully saturated rings. The molecule has 0 atom stereocenters. The minimum Gasteiger partial charge on any atom is -0.396 e. The van der Waals surface area contributed by atoms with Gasteiger partial charge in [0, 0.05) is 25.2 Å². The number of likely N-dealkylation sites (N-methyl/N-ethyl adjacent to an activating group) is 1. The molecule has 0 spiro atoms. The molecule has 110 valence electrons. The third kappa shape index (κ3) is 2.58. The van der Waals surface area contributed by atoms with Crippen molar-refractivity contribution in [2.75, 3.05) is 32.4 Å². The van der Waals surface area contributed by atoms with Gasteiger partial charge in [0.2, 0.25) is 15.9 Å². The Morgan fingerprint density at radius 2 is 2.00 bits per heavy atom. The van der Waals surface area contributed by atoms with Crippen molar-refractivity contribution >= 4 is 33.2 Å². The average Bonchev–Trinajstić information content (AvgIpc) is 2.36. The van der Waals surface area contributed by atoms with Crippen molar-refractivity contribution < 1.29 is 17.6 Å². The SMILES string of the molecule is CN1CCN(S(=O)(=O)c2cc(Cl)cc(N)c2F)CC1=O. The van der Waals surface area contributed by atoms with E-state index in [0.29, 0.717) is 0 Å². The summed E-state index contributed by atoms with van der Waals surface area (Å²) in [6.07, 6.45) is 0. The van der Waals surface area contributed by atoms with Gasteiger partial charge in [0.05, 0.1) is 12.2 Å². The van der Waals surface area contributed by atoms with Crippen molar-refractivity contribution in [2.24, 2.45) is 0 Å². The lowest BCUT2D eigenvalue weighted by Gasteiger charge is -2.31. The molecule has 1 heterocycles. The fourth-order valence-electron chi connectivity index (χ4n) is 1.85. The number of carbonyl (C=O) groups is 1. The van der Waals surface area contributed by atoms with Crippen molar-refractivity contribution in [1.82, 2.24) is 9.21 Å². The van der Waals surface area contributed by atoms with E-state index in [1.807, 2.05) is 0 Å². The standard InChI is InChI=1S/C11H13ClFN3O3S/c1-15-2-3-16(6-10(15)17)20(18,19)9-5-7(12)4-8(14)11(9)13/h4-5H,2-3,6,14H2,1H3. The molecule has 0 saturated carbocycles. The second-order valence-corrected chi connectivity index (χ2v) is 6.80. The van der Waals surface area contributed by atoms with Crippen molar-refractivity contribution in [3.8, 4) is 0 Å². The normalized spacial score (nSPS) is 17.6. The summed E-state index contributed by atoms with van der Waals surface area (Å²) in [5.74, 6) is -1.41. The van der Waals surface area contributed by atoms with Crippen LogP contribution in [0, 0.1) is 5.82 Å². The van der Waals surface area contributed by atoms with Crippen LogP contribution in [0.3, 0.4) is 0 Å². The summed E-state index contributed by atoms with van der Waals surface area (Å²) < 4.78 is 39.6. The molecule has 1 aliphatic heterocycles. The van der Waals surface area contributed by atoms with Crippen molar-refractivity contribution in [2.45, 2.75) is 4.90 Å². The second-order valence-electron chi connectivity index (χ2n) is 4.46. The zero-order chi connectivity index (χ0) is 15.1. The number of nitrogen functional groups attached to an aromatic ring is 1. The molecule has 0 aliphatic carbocycles. The third-order valence-electron chi connectivity index (χ3n) is 3.07. The largest absolute Gasteiger partial charge is 0.396 e. The first kappa shape index (κ1) is 15.0. The average molecular weight is 322 g/mol. The van der Waals surface area contributed by atoms with Gasteiger partial charge in [-0.2, -0.15) is 4.31 Å². The van der Waals surface area contributed by atoms with E-state index in [2.05, 4.69) is 0 Å². The molecule has 1 aromatic carbocycles. The first-order valence-corrected chi connectivity index (χ1v) is 7.54. The maximum Gasteiger partial charge on any atom is 0.246 e. The minimum atomic E-state index is -4.15. The first-order valence-electron chi connectivity index (χ1n) is 5.72. The van der Waals surface area contributed by atoms with Gasteiger partial charge in [-0.05, 0) is 12.1 Å². The summed E-state index contributed by atoms with van der Waals surface area (Å²) in [5.41, 5.74) is 5.03. The number of rotatable bonds is 2. The van der Waals surface area contributed by atoms with Crippen LogP contribution in [0.15, 0.2) is 17.0 Å². The van der Waals surface area contributed by atoms with Gasteiger partial charge in [0.1, 0.15) is 4.90 Å². The molecular formula is C11H13ClFN3O3S. The molecule has 0 bridgehead atoms. The van der Waals surface area contributed by atoms with Crippen molar-refractivity contribution in [3.63, 3.8) is 0 Å². The molecule has 1 amide bonds. The van der Waals surface area contributed by atoms with Crippen LogP contribution in [0.1, 0.15) is 0 Å². The third-order valence-corrected chi connectivity index (χ3v) is 5.13. The monoisotopic (exact) mass is 321 g/mol. The Labute approximate surface area is 121 Å². The van der Waals surface area contributed by atoms with Crippen LogP contribution in [0.2, 0.25) is 5.02 Å². The number of nitrogens with zero attached hydrogens (tertiary/aromatic N) is 2. The maximum atomic E-state index is 13.9. The van der Waals surface area contributed by atoms with Crippen LogP contribution in [-0.4, -0.2) is 50.2 Å². The quantitative estimate of drug-likeness (QED) is 0.805. The van der Waals surface area contributed by atoms with Gasteiger partial charge in [-0.25, -0.2) is 12.8 Å². The number of nitrogens with two attached hydrogens (primary N) is 1. The summed E-state index contributed by atoms with van der Waals surface area (Å²) in [4.78, 5) is 12.4. The smallest absolute Gasteiger partial charge is 0.246 e. The molecule has 0 radical (unpaired) electrons. The molecule has 1 aliphatic rings. The highest BCUT2D eigenvalue weighted by molar-refractivity contribution is 7.89. The van der Waals surface area contributed by atoms with Crippen LogP contribution in [0.25, 0.3) is 0 Å². The predicted octanol–water partition coefficient (Wildman–Crippen LogP) is 0.524. The summed E-state index contributed by atoms with van der Waals surface area (Å²) in [6.45, 7) is 0.0108. The van der Waals surface area contributed by atoms with Gasteiger partial charge in [-0.1, -0.05) is 11.6 Å². The van der Waals surface area contributed by atoms with E-state index >= 15 is 0 Å². The predicted molar refractivity (Wildman–Crippen MR) is 72.2 cm³/mol. The summed E-state index contributed by atoms with van der Waals surface area (Å²) in [7, 11) is -2.57. The van der Waals surface area contributed by atoms with E-state index < -0.39 is 20.7 Å². The zero-order valence-electron chi connectivity index (χ0n) is 10.6. The van der Waals surface area contributed by atoms with Gasteiger partial charge in [-0.3, -0.25) is 4.79 Å². The van der Waals surface area contributed by atoms with E-state index in [0.717, 1.165) is 16.4 Å². The highest BCUT2D eigenvalue weighted by atomic mass is 35.5. The fraction of sp³-hybridized carbons (Fsp3) is 0.364. The molecule has 1 aromatic rings. The van der Waals surface area contributed by atoms with Crippen LogP contribution in [-0.2, 0) is 14.8 Å². The molecule has 2 N–H and O–H groups in total. The molecule has 20 heavy (non-hydrogen) atoms. The second kappa shape index (κ2) is 5.19. The molecule has 1 saturated heterocycles. The zero-order valence-corrected chi connectivity index (χ0v) is 12.2. The van der Waals surface area contributed by atoms with E-state index in [1.165, 1.54) is 4.90 Å². The summed E-state index contributed by atoms with van der Waals surface area (Å²) >= 11 is 5.71. The lowest BCUT2D eigenvalue weighted by atomic mass is 10.3. The Morgan fingerprint density at radius 3 is 2.60 bits per heavy atom. The van der Waals surface area contributed by atoms with E-state index in [-0.39, 0.29) is 36.3 Å². The highest BCUT2D eigenvalue weighted by Crippen LogP contribution is 2.28. The van der Waals surface area contributed by atoms with E-state index in [4.69, 9.17) is 17.3 Å². The Hall–Kier alpha value is -1.38. The van der Waals surface area contributed by atoms with Crippen molar-refractivity contribution in [1.29, 1.82) is 0 Å². The summed E-state index contributed by atoms with van der Waals surface area (Å²) in [6, 6.07) is 2.12. The first-order chi connectivity index (χ1) is 9.23. The van der Waals surface area contributed by atoms with Gasteiger partial charge < -0.3 is 10.6 Å². The van der Waals surface area contributed by atoms with Gasteiger partial charge in [0.15, 0.2) is 5.82 Å². The minimum absolute atomic E-state index is 0.0166. The van der Waals surface area contributed by atoms with Gasteiger partial charge >= 0.3 is 0 Å². The molecule has 9 heteroatoms. The highest BCUT2D eigenvalue weighted by Gasteiger charge is 2.34. The maximum absolute atomic E-state index is 13.9. The summed E-state index contributed by atoms with van der Waals surface area (Å²) in [5, 5.41) is 0.0166. The number of halogens is 2. The number of benzene rings is 1. The van der Waals surface area contributed by atoms with E-state index in [1.54, 1.807) is 7.05 Å². The van der Waals surface area contributed by atoms with E-state index in [9.17, 15) is 17.6 Å². The fourth-order valence-corrected chi connectivity index (χ4v) is 3.65. The Balaban J connectivity index is 2.44. The Morgan fingerprint density at radius 1 is 1.35 bits per heavy atom. The molecular weight excluding hydrogens is 309 g/mol. The van der Waals surface area contributed by atoms with Crippen LogP contribution in [0.5, 0.6) is 0 Å². The number of amides is 1. The number of sulfonamides is 1. The number of anilines is 1. The molecule has 0 aromatic heterocycles. The van der Waals surface area contributed by atoms with Crippen LogP contribution in [0.4, 0.5) is 10.1 Å². The molecule has 2 rings (SSSR count). The Kier molecular flexibility index (Phi) is 3.90. The lowest BCUT2D eigenvalue weighted by molar-refractivity contribution is -0.132. The van der Waals surface area contributed by atoms with Crippen LogP contribution >= 0.6 is 11.6 Å². The molecule has 0 unspecified atom stereocenters. The van der Waals surface area contributed by atoms with Gasteiger partial charge in [0.25, 0.3) is 0 Å². The van der Waals surface area contributed by atoms with Crippen LogP contribution < -0.4 is 5.73 Å². The molecule has 6 nitrogen and oxygen atoms in total. The topological polar surface area (TPSA) is 83.7 Å². The van der Waals surface area contributed by atoms with Crippen molar-refractivity contribution in [3.05, 3.63) is 23.0 Å². The lowest BCUT2D eigenvalue weighted by Crippen LogP contribution is -2.50. The Bertz CT molecular complexity index is 665.